The average molecular weight is 528 g/mol. The second-order valence-electron chi connectivity index (χ2n) is 11.6. The molecule has 2 atom stereocenters. The number of thiophene rings is 1. The van der Waals surface area contributed by atoms with Crippen LogP contribution in [0.25, 0.3) is 0 Å². The summed E-state index contributed by atoms with van der Waals surface area (Å²) in [6.45, 7) is 11.3. The van der Waals surface area contributed by atoms with Gasteiger partial charge in [-0.05, 0) is 73.6 Å². The molecule has 1 saturated heterocycles. The smallest absolute Gasteiger partial charge is 0.259 e. The number of anilines is 2. The molecule has 1 fully saturated rings. The van der Waals surface area contributed by atoms with Gasteiger partial charge in [-0.3, -0.25) is 14.5 Å². The highest BCUT2D eigenvalue weighted by atomic mass is 32.1. The Morgan fingerprint density at radius 3 is 2.59 bits per heavy atom. The van der Waals surface area contributed by atoms with Crippen LogP contribution in [-0.4, -0.2) is 50.6 Å². The first-order chi connectivity index (χ1) is 17.6. The van der Waals surface area contributed by atoms with Crippen molar-refractivity contribution in [3.05, 3.63) is 34.2 Å². The standard InChI is InChI=1S/C29H41N3O4S/c1-18-8-7-13-32(16-18)17-25(33)31-28-26(21-11-9-19(29(2,3)4)14-24(21)37-28)27(34)30-22-12-10-20(35-5)15-23(22)36-6/h10,12,15,18-19H,7-9,11,13-14,16-17H2,1-6H3,(H,30,34)(H,31,33)/t18-,19+/m1/s1. The molecule has 2 amide bonds. The first kappa shape index (κ1) is 27.5. The first-order valence-corrected chi connectivity index (χ1v) is 14.1. The number of amides is 2. The molecule has 0 spiro atoms. The number of rotatable bonds is 7. The third-order valence-corrected chi connectivity index (χ3v) is 8.91. The Morgan fingerprint density at radius 1 is 1.14 bits per heavy atom. The van der Waals surface area contributed by atoms with Gasteiger partial charge in [-0.25, -0.2) is 0 Å². The molecule has 37 heavy (non-hydrogen) atoms. The zero-order chi connectivity index (χ0) is 26.7. The summed E-state index contributed by atoms with van der Waals surface area (Å²) >= 11 is 1.57. The van der Waals surface area contributed by atoms with Gasteiger partial charge in [0.25, 0.3) is 5.91 Å². The predicted molar refractivity (Wildman–Crippen MR) is 150 cm³/mol. The maximum atomic E-state index is 13.7. The van der Waals surface area contributed by atoms with E-state index in [2.05, 4.69) is 43.2 Å². The largest absolute Gasteiger partial charge is 0.497 e. The lowest BCUT2D eigenvalue weighted by molar-refractivity contribution is -0.117. The van der Waals surface area contributed by atoms with Crippen molar-refractivity contribution in [2.45, 2.75) is 59.8 Å². The number of piperidine rings is 1. The van der Waals surface area contributed by atoms with E-state index >= 15 is 0 Å². The first-order valence-electron chi connectivity index (χ1n) is 13.3. The van der Waals surface area contributed by atoms with Crippen molar-refractivity contribution in [3.63, 3.8) is 0 Å². The van der Waals surface area contributed by atoms with Crippen molar-refractivity contribution in [2.75, 3.05) is 44.5 Å². The molecule has 8 heteroatoms. The van der Waals surface area contributed by atoms with Crippen LogP contribution < -0.4 is 20.1 Å². The molecule has 1 aromatic heterocycles. The molecule has 7 nitrogen and oxygen atoms in total. The minimum atomic E-state index is -0.225. The van der Waals surface area contributed by atoms with Crippen LogP contribution >= 0.6 is 11.3 Å². The molecule has 4 rings (SSSR count). The number of carbonyl (C=O) groups excluding carboxylic acids is 2. The average Bonchev–Trinajstić information content (AvgIpc) is 3.20. The van der Waals surface area contributed by atoms with Crippen LogP contribution in [0, 0.1) is 17.3 Å². The highest BCUT2D eigenvalue weighted by molar-refractivity contribution is 7.17. The Kier molecular flexibility index (Phi) is 8.49. The lowest BCUT2D eigenvalue weighted by atomic mass is 9.72. The van der Waals surface area contributed by atoms with Crippen LogP contribution in [0.4, 0.5) is 10.7 Å². The third kappa shape index (κ3) is 6.47. The Balaban J connectivity index is 1.61. The number of nitrogens with one attached hydrogen (secondary N) is 2. The fourth-order valence-electron chi connectivity index (χ4n) is 5.54. The topological polar surface area (TPSA) is 79.9 Å². The van der Waals surface area contributed by atoms with Gasteiger partial charge >= 0.3 is 0 Å². The Morgan fingerprint density at radius 2 is 1.92 bits per heavy atom. The summed E-state index contributed by atoms with van der Waals surface area (Å²) in [5.41, 5.74) is 2.41. The number of hydrogen-bond donors (Lipinski definition) is 2. The van der Waals surface area contributed by atoms with Crippen LogP contribution in [0.15, 0.2) is 18.2 Å². The van der Waals surface area contributed by atoms with E-state index in [1.807, 2.05) is 0 Å². The van der Waals surface area contributed by atoms with Crippen molar-refractivity contribution in [2.24, 2.45) is 17.3 Å². The van der Waals surface area contributed by atoms with E-state index in [0.717, 1.165) is 44.3 Å². The van der Waals surface area contributed by atoms with Crippen molar-refractivity contribution < 1.29 is 19.1 Å². The van der Waals surface area contributed by atoms with Gasteiger partial charge in [-0.2, -0.15) is 0 Å². The van der Waals surface area contributed by atoms with Crippen molar-refractivity contribution in [1.82, 2.24) is 4.90 Å². The second-order valence-corrected chi connectivity index (χ2v) is 12.7. The number of hydrogen-bond acceptors (Lipinski definition) is 6. The molecule has 2 heterocycles. The Bertz CT molecular complexity index is 1140. The maximum absolute atomic E-state index is 13.7. The summed E-state index contributed by atoms with van der Waals surface area (Å²) in [5.74, 6) is 2.03. The van der Waals surface area contributed by atoms with E-state index in [-0.39, 0.29) is 17.2 Å². The van der Waals surface area contributed by atoms with Crippen molar-refractivity contribution in [3.8, 4) is 11.5 Å². The number of ether oxygens (including phenoxy) is 2. The highest BCUT2D eigenvalue weighted by Crippen LogP contribution is 2.44. The Labute approximate surface area is 224 Å². The number of nitrogens with zero attached hydrogens (tertiary/aromatic N) is 1. The summed E-state index contributed by atoms with van der Waals surface area (Å²) in [6.07, 6.45) is 5.11. The van der Waals surface area contributed by atoms with Crippen molar-refractivity contribution in [1.29, 1.82) is 0 Å². The number of methoxy groups -OCH3 is 2. The molecular formula is C29H41N3O4S. The van der Waals surface area contributed by atoms with Crippen LogP contribution in [0.2, 0.25) is 0 Å². The van der Waals surface area contributed by atoms with Crippen LogP contribution in [-0.2, 0) is 17.6 Å². The summed E-state index contributed by atoms with van der Waals surface area (Å²) < 4.78 is 10.8. The zero-order valence-electron chi connectivity index (χ0n) is 23.0. The van der Waals surface area contributed by atoms with E-state index in [0.29, 0.717) is 46.1 Å². The van der Waals surface area contributed by atoms with E-state index < -0.39 is 0 Å². The lowest BCUT2D eigenvalue weighted by Crippen LogP contribution is -2.39. The van der Waals surface area contributed by atoms with Crippen molar-refractivity contribution >= 4 is 33.8 Å². The van der Waals surface area contributed by atoms with Gasteiger partial charge in [0, 0.05) is 17.5 Å². The summed E-state index contributed by atoms with van der Waals surface area (Å²) in [5, 5.41) is 6.81. The molecule has 1 aliphatic carbocycles. The number of likely N-dealkylation sites (tertiary alicyclic amines) is 1. The van der Waals surface area contributed by atoms with Crippen LogP contribution in [0.1, 0.15) is 67.8 Å². The normalized spacial score (nSPS) is 20.2. The van der Waals surface area contributed by atoms with E-state index in [4.69, 9.17) is 9.47 Å². The van der Waals surface area contributed by atoms with Gasteiger partial charge in [0.1, 0.15) is 16.5 Å². The third-order valence-electron chi connectivity index (χ3n) is 7.74. The number of carbonyl (C=O) groups is 2. The van der Waals surface area contributed by atoms with Gasteiger partial charge in [-0.15, -0.1) is 11.3 Å². The van der Waals surface area contributed by atoms with E-state index in [1.54, 1.807) is 43.8 Å². The molecular weight excluding hydrogens is 486 g/mol. The molecule has 202 valence electrons. The molecule has 1 aliphatic heterocycles. The minimum absolute atomic E-state index is 0.0591. The quantitative estimate of drug-likeness (QED) is 0.473. The SMILES string of the molecule is COc1ccc(NC(=O)c2c(NC(=O)CN3CCC[C@@H](C)C3)sc3c2CC[C@H](C(C)(C)C)C3)c(OC)c1. The van der Waals surface area contributed by atoms with Crippen LogP contribution in [0.3, 0.4) is 0 Å². The van der Waals surface area contributed by atoms with E-state index in [1.165, 1.54) is 11.3 Å². The predicted octanol–water partition coefficient (Wildman–Crippen LogP) is 5.84. The molecule has 0 radical (unpaired) electrons. The molecule has 1 aromatic carbocycles. The fraction of sp³-hybridized carbons (Fsp3) is 0.586. The molecule has 2 aliphatic rings. The van der Waals surface area contributed by atoms with E-state index in [9.17, 15) is 9.59 Å². The molecule has 0 bridgehead atoms. The van der Waals surface area contributed by atoms with Crippen LogP contribution in [0.5, 0.6) is 11.5 Å². The molecule has 0 unspecified atom stereocenters. The van der Waals surface area contributed by atoms with Gasteiger partial charge in [0.2, 0.25) is 5.91 Å². The second kappa shape index (κ2) is 11.4. The van der Waals surface area contributed by atoms with Gasteiger partial charge < -0.3 is 20.1 Å². The monoisotopic (exact) mass is 527 g/mol. The molecule has 2 N–H and O–H groups in total. The maximum Gasteiger partial charge on any atom is 0.259 e. The molecule has 0 saturated carbocycles. The van der Waals surface area contributed by atoms with Gasteiger partial charge in [-0.1, -0.05) is 27.7 Å². The minimum Gasteiger partial charge on any atom is -0.497 e. The summed E-state index contributed by atoms with van der Waals surface area (Å²) in [6, 6.07) is 5.31. The molecule has 2 aromatic rings. The highest BCUT2D eigenvalue weighted by Gasteiger charge is 2.34. The number of benzene rings is 1. The zero-order valence-corrected chi connectivity index (χ0v) is 23.8. The Hall–Kier alpha value is -2.58. The van der Waals surface area contributed by atoms with Gasteiger partial charge in [0.05, 0.1) is 32.0 Å². The summed E-state index contributed by atoms with van der Waals surface area (Å²) in [7, 11) is 3.16. The fourth-order valence-corrected chi connectivity index (χ4v) is 6.88. The number of fused-ring (bicyclic) bond motifs is 1. The lowest BCUT2D eigenvalue weighted by Gasteiger charge is -2.33. The summed E-state index contributed by atoms with van der Waals surface area (Å²) in [4.78, 5) is 30.3. The van der Waals surface area contributed by atoms with Gasteiger partial charge in [0.15, 0.2) is 0 Å².